The quantitative estimate of drug-likeness (QED) is 0.643. The van der Waals surface area contributed by atoms with Gasteiger partial charge in [0.2, 0.25) is 0 Å². The normalized spacial score (nSPS) is 30.8. The average molecular weight is 258 g/mol. The van der Waals surface area contributed by atoms with Crippen LogP contribution in [0.15, 0.2) is 18.2 Å². The van der Waals surface area contributed by atoms with Gasteiger partial charge < -0.3 is 0 Å². The topological polar surface area (TPSA) is 38.0 Å². The summed E-state index contributed by atoms with van der Waals surface area (Å²) in [7, 11) is 0. The lowest BCUT2D eigenvalue weighted by molar-refractivity contribution is 0.248. The summed E-state index contributed by atoms with van der Waals surface area (Å²) < 4.78 is 0. The van der Waals surface area contributed by atoms with Crippen molar-refractivity contribution in [1.82, 2.24) is 5.43 Å². The summed E-state index contributed by atoms with van der Waals surface area (Å²) in [6.07, 6.45) is 6.81. The number of nitrogens with one attached hydrogen (secondary N) is 1. The van der Waals surface area contributed by atoms with Crippen LogP contribution in [-0.4, -0.2) is 6.04 Å². The van der Waals surface area contributed by atoms with Gasteiger partial charge in [0.05, 0.1) is 0 Å². The lowest BCUT2D eigenvalue weighted by atomic mass is 9.81. The van der Waals surface area contributed by atoms with Crippen LogP contribution >= 0.6 is 0 Å². The van der Waals surface area contributed by atoms with E-state index in [0.717, 1.165) is 24.2 Å². The molecular formula is C17H26N2. The van der Waals surface area contributed by atoms with Crippen LogP contribution < -0.4 is 11.3 Å². The monoisotopic (exact) mass is 258 g/mol. The average Bonchev–Trinajstić information content (AvgIpc) is 3.02. The number of nitrogens with two attached hydrogens (primary N) is 1. The lowest BCUT2D eigenvalue weighted by Gasteiger charge is -2.30. The standard InChI is InChI=1S/C17H26N2/c1-11-3-4-13(7-12(11)2)10-17(19-18)16-9-14-5-6-15(16)8-14/h3-4,7,14-17,19H,5-6,8-10,18H2,1-2H3. The minimum Gasteiger partial charge on any atom is -0.271 e. The van der Waals surface area contributed by atoms with E-state index in [1.165, 1.54) is 42.4 Å². The SMILES string of the molecule is Cc1ccc(CC(NN)C2CC3CCC2C3)cc1C. The fourth-order valence-corrected chi connectivity index (χ4v) is 4.31. The molecule has 4 atom stereocenters. The van der Waals surface area contributed by atoms with Gasteiger partial charge in [-0.15, -0.1) is 0 Å². The largest absolute Gasteiger partial charge is 0.271 e. The predicted octanol–water partition coefficient (Wildman–Crippen LogP) is 3.11. The van der Waals surface area contributed by atoms with Crippen molar-refractivity contribution in [3.8, 4) is 0 Å². The van der Waals surface area contributed by atoms with Gasteiger partial charge in [0.25, 0.3) is 0 Å². The van der Waals surface area contributed by atoms with E-state index in [4.69, 9.17) is 5.84 Å². The molecule has 2 aliphatic carbocycles. The molecule has 0 heterocycles. The summed E-state index contributed by atoms with van der Waals surface area (Å²) in [6.45, 7) is 4.37. The molecule has 2 heteroatoms. The number of hydrogen-bond acceptors (Lipinski definition) is 2. The first-order valence-corrected chi connectivity index (χ1v) is 7.69. The highest BCUT2D eigenvalue weighted by atomic mass is 15.2. The van der Waals surface area contributed by atoms with Crippen LogP contribution in [0.3, 0.4) is 0 Å². The van der Waals surface area contributed by atoms with Gasteiger partial charge >= 0.3 is 0 Å². The van der Waals surface area contributed by atoms with Gasteiger partial charge in [0.15, 0.2) is 0 Å². The van der Waals surface area contributed by atoms with Crippen LogP contribution in [0.2, 0.25) is 0 Å². The van der Waals surface area contributed by atoms with Crippen molar-refractivity contribution < 1.29 is 0 Å². The number of fused-ring (bicyclic) bond motifs is 2. The molecule has 2 bridgehead atoms. The molecule has 104 valence electrons. The van der Waals surface area contributed by atoms with E-state index in [2.05, 4.69) is 37.5 Å². The van der Waals surface area contributed by atoms with Gasteiger partial charge in [-0.3, -0.25) is 11.3 Å². The Hall–Kier alpha value is -0.860. The third kappa shape index (κ3) is 2.56. The molecule has 2 fully saturated rings. The van der Waals surface area contributed by atoms with E-state index in [-0.39, 0.29) is 0 Å². The summed E-state index contributed by atoms with van der Waals surface area (Å²) in [6, 6.07) is 7.28. The molecule has 0 radical (unpaired) electrons. The summed E-state index contributed by atoms with van der Waals surface area (Å²) >= 11 is 0. The first-order valence-electron chi connectivity index (χ1n) is 7.69. The van der Waals surface area contributed by atoms with Gasteiger partial charge in [-0.05, 0) is 74.0 Å². The molecule has 2 aliphatic rings. The third-order valence-electron chi connectivity index (χ3n) is 5.55. The first kappa shape index (κ1) is 13.1. The predicted molar refractivity (Wildman–Crippen MR) is 79.7 cm³/mol. The highest BCUT2D eigenvalue weighted by Gasteiger charge is 2.42. The Bertz CT molecular complexity index is 455. The number of rotatable bonds is 4. The highest BCUT2D eigenvalue weighted by molar-refractivity contribution is 5.30. The molecular weight excluding hydrogens is 232 g/mol. The second-order valence-electron chi connectivity index (χ2n) is 6.73. The Morgan fingerprint density at radius 3 is 2.63 bits per heavy atom. The number of aryl methyl sites for hydroxylation is 2. The Morgan fingerprint density at radius 1 is 1.21 bits per heavy atom. The van der Waals surface area contributed by atoms with E-state index in [9.17, 15) is 0 Å². The smallest absolute Gasteiger partial charge is 0.0281 e. The van der Waals surface area contributed by atoms with E-state index in [1.54, 1.807) is 0 Å². The second-order valence-corrected chi connectivity index (χ2v) is 6.73. The number of hydrogen-bond donors (Lipinski definition) is 2. The fourth-order valence-electron chi connectivity index (χ4n) is 4.31. The molecule has 0 amide bonds. The van der Waals surface area contributed by atoms with E-state index in [1.807, 2.05) is 0 Å². The van der Waals surface area contributed by atoms with Crippen molar-refractivity contribution in [3.63, 3.8) is 0 Å². The van der Waals surface area contributed by atoms with Crippen molar-refractivity contribution in [2.45, 2.75) is 52.0 Å². The minimum atomic E-state index is 0.456. The molecule has 1 aromatic rings. The molecule has 0 aliphatic heterocycles. The molecule has 0 saturated heterocycles. The fraction of sp³-hybridized carbons (Fsp3) is 0.647. The van der Waals surface area contributed by atoms with Crippen LogP contribution in [0.4, 0.5) is 0 Å². The van der Waals surface area contributed by atoms with Gasteiger partial charge in [-0.25, -0.2) is 0 Å². The molecule has 0 spiro atoms. The van der Waals surface area contributed by atoms with Gasteiger partial charge in [0, 0.05) is 6.04 Å². The van der Waals surface area contributed by atoms with E-state index < -0.39 is 0 Å². The van der Waals surface area contributed by atoms with Crippen LogP contribution in [0, 0.1) is 31.6 Å². The van der Waals surface area contributed by atoms with Crippen molar-refractivity contribution >= 4 is 0 Å². The molecule has 4 unspecified atom stereocenters. The van der Waals surface area contributed by atoms with Crippen molar-refractivity contribution in [1.29, 1.82) is 0 Å². The summed E-state index contributed by atoms with van der Waals surface area (Å²) in [5, 5.41) is 0. The molecule has 3 N–H and O–H groups in total. The summed E-state index contributed by atoms with van der Waals surface area (Å²) in [4.78, 5) is 0. The Labute approximate surface area is 116 Å². The zero-order valence-electron chi connectivity index (χ0n) is 12.2. The molecule has 2 nitrogen and oxygen atoms in total. The summed E-state index contributed by atoms with van der Waals surface area (Å²) in [5.41, 5.74) is 7.30. The van der Waals surface area contributed by atoms with Crippen molar-refractivity contribution in [2.24, 2.45) is 23.6 Å². The minimum absolute atomic E-state index is 0.456. The molecule has 19 heavy (non-hydrogen) atoms. The van der Waals surface area contributed by atoms with Gasteiger partial charge in [-0.1, -0.05) is 24.6 Å². The maximum absolute atomic E-state index is 5.85. The lowest BCUT2D eigenvalue weighted by Crippen LogP contribution is -2.44. The zero-order valence-corrected chi connectivity index (χ0v) is 12.2. The van der Waals surface area contributed by atoms with E-state index >= 15 is 0 Å². The first-order chi connectivity index (χ1) is 9.17. The summed E-state index contributed by atoms with van der Waals surface area (Å²) in [5.74, 6) is 8.57. The molecule has 2 saturated carbocycles. The Morgan fingerprint density at radius 2 is 2.05 bits per heavy atom. The number of hydrazine groups is 1. The molecule has 3 rings (SSSR count). The molecule has 1 aromatic carbocycles. The maximum atomic E-state index is 5.85. The van der Waals surface area contributed by atoms with Crippen LogP contribution in [-0.2, 0) is 6.42 Å². The maximum Gasteiger partial charge on any atom is 0.0281 e. The van der Waals surface area contributed by atoms with Crippen LogP contribution in [0.1, 0.15) is 42.4 Å². The number of benzene rings is 1. The van der Waals surface area contributed by atoms with Crippen molar-refractivity contribution in [2.75, 3.05) is 0 Å². The third-order valence-corrected chi connectivity index (χ3v) is 5.55. The Kier molecular flexibility index (Phi) is 3.64. The van der Waals surface area contributed by atoms with Crippen LogP contribution in [0.5, 0.6) is 0 Å². The Balaban J connectivity index is 1.71. The van der Waals surface area contributed by atoms with Crippen molar-refractivity contribution in [3.05, 3.63) is 34.9 Å². The van der Waals surface area contributed by atoms with Gasteiger partial charge in [-0.2, -0.15) is 0 Å². The highest BCUT2D eigenvalue weighted by Crippen LogP contribution is 2.49. The molecule has 0 aromatic heterocycles. The second kappa shape index (κ2) is 5.26. The zero-order chi connectivity index (χ0) is 13.4. The van der Waals surface area contributed by atoms with E-state index in [0.29, 0.717) is 6.04 Å². The van der Waals surface area contributed by atoms with Crippen LogP contribution in [0.25, 0.3) is 0 Å². The van der Waals surface area contributed by atoms with Gasteiger partial charge in [0.1, 0.15) is 0 Å².